The highest BCUT2D eigenvalue weighted by atomic mass is 16.5. The third-order valence-electron chi connectivity index (χ3n) is 5.54. The number of carboxylic acid groups (broad SMARTS) is 1. The lowest BCUT2D eigenvalue weighted by Crippen LogP contribution is -2.32. The summed E-state index contributed by atoms with van der Waals surface area (Å²) in [7, 11) is 0. The molecule has 0 amide bonds. The number of carbonyl (C=O) groups is 1. The quantitative estimate of drug-likeness (QED) is 0.310. The Morgan fingerprint density at radius 1 is 1.06 bits per heavy atom. The smallest absolute Gasteiger partial charge is 0.331 e. The van der Waals surface area contributed by atoms with E-state index >= 15 is 0 Å². The predicted molar refractivity (Wildman–Crippen MR) is 128 cm³/mol. The van der Waals surface area contributed by atoms with Gasteiger partial charge in [-0.2, -0.15) is 0 Å². The number of rotatable bonds is 10. The summed E-state index contributed by atoms with van der Waals surface area (Å²) < 4.78 is 6.27. The highest BCUT2D eigenvalue weighted by Crippen LogP contribution is 2.38. The molecule has 2 rings (SSSR count). The second-order valence-electron chi connectivity index (χ2n) is 8.91. The van der Waals surface area contributed by atoms with E-state index in [1.807, 2.05) is 32.9 Å². The van der Waals surface area contributed by atoms with Gasteiger partial charge in [-0.25, -0.2) is 4.79 Å². The summed E-state index contributed by atoms with van der Waals surface area (Å²) in [5.74, 6) is 0.272. The van der Waals surface area contributed by atoms with Gasteiger partial charge in [0.1, 0.15) is 17.1 Å². The number of carboxylic acids is 1. The Morgan fingerprint density at radius 3 is 2.45 bits per heavy atom. The summed E-state index contributed by atoms with van der Waals surface area (Å²) in [6.07, 6.45) is 14.9. The minimum absolute atomic E-state index is 0.253. The largest absolute Gasteiger partial charge is 0.508 e. The molecule has 1 aliphatic rings. The fraction of sp³-hybridized carbons (Fsp3) is 0.444. The minimum Gasteiger partial charge on any atom is -0.508 e. The second-order valence-corrected chi connectivity index (χ2v) is 8.91. The molecule has 1 aromatic rings. The van der Waals surface area contributed by atoms with Crippen LogP contribution in [0.1, 0.15) is 77.3 Å². The van der Waals surface area contributed by atoms with Crippen LogP contribution in [0, 0.1) is 6.92 Å². The van der Waals surface area contributed by atoms with Crippen molar-refractivity contribution in [2.75, 3.05) is 0 Å². The van der Waals surface area contributed by atoms with Crippen LogP contribution in [-0.4, -0.2) is 21.8 Å². The molecule has 0 radical (unpaired) electrons. The predicted octanol–water partition coefficient (Wildman–Crippen LogP) is 7.13. The molecule has 1 aliphatic heterocycles. The summed E-state index contributed by atoms with van der Waals surface area (Å²) in [5.41, 5.74) is 4.43. The van der Waals surface area contributed by atoms with Crippen molar-refractivity contribution in [3.05, 3.63) is 64.3 Å². The van der Waals surface area contributed by atoms with Gasteiger partial charge >= 0.3 is 5.97 Å². The number of aryl methyl sites for hydroxylation is 1. The van der Waals surface area contributed by atoms with E-state index in [0.29, 0.717) is 12.0 Å². The first kappa shape index (κ1) is 24.5. The van der Waals surface area contributed by atoms with Crippen LogP contribution >= 0.6 is 0 Å². The van der Waals surface area contributed by atoms with E-state index in [1.165, 1.54) is 11.1 Å². The number of ether oxygens (including phenoxy) is 1. The lowest BCUT2D eigenvalue weighted by molar-refractivity contribution is -0.132. The third-order valence-corrected chi connectivity index (χ3v) is 5.54. The van der Waals surface area contributed by atoms with Gasteiger partial charge in [0.2, 0.25) is 0 Å². The molecule has 0 saturated carbocycles. The highest BCUT2D eigenvalue weighted by Gasteiger charge is 2.27. The average molecular weight is 425 g/mol. The Morgan fingerprint density at radius 2 is 1.77 bits per heavy atom. The van der Waals surface area contributed by atoms with E-state index in [-0.39, 0.29) is 11.4 Å². The van der Waals surface area contributed by atoms with Crippen LogP contribution in [0.2, 0.25) is 0 Å². The fourth-order valence-electron chi connectivity index (χ4n) is 3.71. The minimum atomic E-state index is -0.818. The van der Waals surface area contributed by atoms with Gasteiger partial charge in [-0.1, -0.05) is 35.5 Å². The second kappa shape index (κ2) is 11.0. The fourth-order valence-corrected chi connectivity index (χ4v) is 3.71. The molecule has 168 valence electrons. The Balaban J connectivity index is 1.87. The molecule has 1 atom stereocenters. The molecule has 2 N–H and O–H groups in total. The van der Waals surface area contributed by atoms with Gasteiger partial charge in [-0.3, -0.25) is 0 Å². The summed E-state index contributed by atoms with van der Waals surface area (Å²) in [5, 5.41) is 19.1. The van der Waals surface area contributed by atoms with E-state index in [2.05, 4.69) is 32.1 Å². The number of benzene rings is 1. The van der Waals surface area contributed by atoms with E-state index < -0.39 is 5.97 Å². The van der Waals surface area contributed by atoms with Crippen molar-refractivity contribution in [2.24, 2.45) is 0 Å². The number of allylic oxidation sites excluding steroid dienone is 5. The molecular formula is C27H36O4. The van der Waals surface area contributed by atoms with Crippen molar-refractivity contribution in [3.63, 3.8) is 0 Å². The van der Waals surface area contributed by atoms with Crippen molar-refractivity contribution < 1.29 is 19.7 Å². The molecule has 0 unspecified atom stereocenters. The Bertz CT molecular complexity index is 913. The van der Waals surface area contributed by atoms with Gasteiger partial charge < -0.3 is 14.9 Å². The molecule has 4 nitrogen and oxygen atoms in total. The molecule has 1 aromatic carbocycles. The number of aliphatic carboxylic acids is 1. The Labute approximate surface area is 186 Å². The van der Waals surface area contributed by atoms with Crippen LogP contribution in [-0.2, 0) is 4.79 Å². The molecule has 0 fully saturated rings. The number of phenolic OH excluding ortho intramolecular Hbond substituents is 1. The lowest BCUT2D eigenvalue weighted by Gasteiger charge is -2.32. The first-order chi connectivity index (χ1) is 14.6. The summed E-state index contributed by atoms with van der Waals surface area (Å²) in [4.78, 5) is 11.4. The van der Waals surface area contributed by atoms with Crippen LogP contribution in [0.3, 0.4) is 0 Å². The van der Waals surface area contributed by atoms with E-state index in [1.54, 1.807) is 12.1 Å². The van der Waals surface area contributed by atoms with Crippen molar-refractivity contribution in [2.45, 2.75) is 78.7 Å². The number of aromatic hydroxyl groups is 1. The number of fused-ring (bicyclic) bond motifs is 1. The lowest BCUT2D eigenvalue weighted by atomic mass is 9.93. The molecule has 0 aromatic heterocycles. The molecule has 0 bridgehead atoms. The number of phenols is 1. The molecule has 31 heavy (non-hydrogen) atoms. The van der Waals surface area contributed by atoms with Gasteiger partial charge in [-0.05, 0) is 96.9 Å². The van der Waals surface area contributed by atoms with Gasteiger partial charge in [0.15, 0.2) is 0 Å². The van der Waals surface area contributed by atoms with E-state index in [9.17, 15) is 15.0 Å². The van der Waals surface area contributed by atoms with Crippen LogP contribution in [0.25, 0.3) is 6.08 Å². The zero-order valence-corrected chi connectivity index (χ0v) is 19.5. The number of hydrogen-bond acceptors (Lipinski definition) is 3. The topological polar surface area (TPSA) is 66.8 Å². The number of hydrogen-bond donors (Lipinski definition) is 2. The Hall–Kier alpha value is -2.75. The Kier molecular flexibility index (Phi) is 8.73. The first-order valence-corrected chi connectivity index (χ1v) is 11.0. The molecule has 0 spiro atoms. The normalized spacial score (nSPS) is 18.4. The standard InChI is InChI=1S/C27H36O4/c1-19(2)9-6-12-22(26(29)30)13-7-10-20(3)11-8-15-27(5)16-14-23-18-24(28)17-21(4)25(23)31-27/h9,11,13-14,16-18,28H,6-8,10,12,15H2,1-5H3,(H,29,30)/t27-/m0/s1. The average Bonchev–Trinajstić information content (AvgIpc) is 2.67. The molecule has 4 heteroatoms. The monoisotopic (exact) mass is 424 g/mol. The van der Waals surface area contributed by atoms with Gasteiger partial charge in [0.05, 0.1) is 0 Å². The van der Waals surface area contributed by atoms with Crippen molar-refractivity contribution in [1.29, 1.82) is 0 Å². The van der Waals surface area contributed by atoms with Crippen molar-refractivity contribution in [1.82, 2.24) is 0 Å². The maximum absolute atomic E-state index is 11.4. The van der Waals surface area contributed by atoms with E-state index in [4.69, 9.17) is 4.74 Å². The summed E-state index contributed by atoms with van der Waals surface area (Å²) in [6.45, 7) is 10.2. The van der Waals surface area contributed by atoms with Gasteiger partial charge in [0, 0.05) is 11.1 Å². The zero-order valence-electron chi connectivity index (χ0n) is 19.5. The van der Waals surface area contributed by atoms with Crippen LogP contribution < -0.4 is 4.74 Å². The molecule has 0 aliphatic carbocycles. The van der Waals surface area contributed by atoms with Crippen molar-refractivity contribution in [3.8, 4) is 11.5 Å². The summed E-state index contributed by atoms with van der Waals surface area (Å²) in [6, 6.07) is 3.45. The van der Waals surface area contributed by atoms with Crippen molar-refractivity contribution >= 4 is 12.0 Å². The molecular weight excluding hydrogens is 388 g/mol. The van der Waals surface area contributed by atoms with E-state index in [0.717, 1.165) is 49.0 Å². The van der Waals surface area contributed by atoms with Gasteiger partial charge in [0.25, 0.3) is 0 Å². The maximum atomic E-state index is 11.4. The third kappa shape index (κ3) is 7.78. The van der Waals surface area contributed by atoms with Gasteiger partial charge in [-0.15, -0.1) is 0 Å². The van der Waals surface area contributed by atoms with Crippen LogP contribution in [0.4, 0.5) is 0 Å². The zero-order chi connectivity index (χ0) is 23.0. The maximum Gasteiger partial charge on any atom is 0.331 e. The SMILES string of the molecule is CC(C)=CCCC(=CCCC(C)=CCC[C@@]1(C)C=Cc2cc(O)cc(C)c2O1)C(=O)O. The molecule has 0 saturated heterocycles. The highest BCUT2D eigenvalue weighted by molar-refractivity contribution is 5.86. The summed E-state index contributed by atoms with van der Waals surface area (Å²) >= 11 is 0. The first-order valence-electron chi connectivity index (χ1n) is 11.0. The van der Waals surface area contributed by atoms with Crippen LogP contribution in [0.15, 0.2) is 53.2 Å². The van der Waals surface area contributed by atoms with Crippen LogP contribution in [0.5, 0.6) is 11.5 Å². The molecule has 1 heterocycles.